The average molecular weight is 326 g/mol. The first-order chi connectivity index (χ1) is 11.7. The molecule has 2 bridgehead atoms. The van der Waals surface area contributed by atoms with Gasteiger partial charge in [-0.1, -0.05) is 19.4 Å². The number of hydrogen-bond acceptors (Lipinski definition) is 3. The van der Waals surface area contributed by atoms with Gasteiger partial charge in [-0.2, -0.15) is 5.10 Å². The Kier molecular flexibility index (Phi) is 3.75. The summed E-state index contributed by atoms with van der Waals surface area (Å²) in [4.78, 5) is 26.8. The van der Waals surface area contributed by atoms with E-state index in [1.54, 1.807) is 6.07 Å². The van der Waals surface area contributed by atoms with Gasteiger partial charge in [-0.25, -0.2) is 0 Å². The van der Waals surface area contributed by atoms with Crippen molar-refractivity contribution in [3.05, 3.63) is 51.7 Å². The standard InChI is InChI=1S/C18H22N4O2/c1-2-4-14-8-15(20-19-14)18(24)21-9-12-7-13(11-21)16-5-3-6-17(23)22(16)10-12/h3,5-6,8,12-13H,2,4,7,9-11H2,1H3,(H,19,20)/t12-,13+/m1/s1. The molecule has 2 atom stereocenters. The first kappa shape index (κ1) is 15.2. The number of nitrogens with one attached hydrogen (secondary N) is 1. The number of nitrogens with zero attached hydrogens (tertiary/aromatic N) is 3. The lowest BCUT2D eigenvalue weighted by Crippen LogP contribution is -2.49. The van der Waals surface area contributed by atoms with Crippen molar-refractivity contribution in [2.45, 2.75) is 38.6 Å². The Labute approximate surface area is 140 Å². The van der Waals surface area contributed by atoms with E-state index in [1.165, 1.54) is 0 Å². The van der Waals surface area contributed by atoms with Gasteiger partial charge in [0.25, 0.3) is 11.5 Å². The van der Waals surface area contributed by atoms with Gasteiger partial charge in [0.2, 0.25) is 0 Å². The number of likely N-dealkylation sites (tertiary alicyclic amines) is 1. The first-order valence-corrected chi connectivity index (χ1v) is 8.69. The number of carbonyl (C=O) groups is 1. The van der Waals surface area contributed by atoms with Crippen LogP contribution in [0.3, 0.4) is 0 Å². The van der Waals surface area contributed by atoms with Crippen LogP contribution >= 0.6 is 0 Å². The van der Waals surface area contributed by atoms with E-state index in [1.807, 2.05) is 27.7 Å². The molecule has 0 aliphatic carbocycles. The summed E-state index contributed by atoms with van der Waals surface area (Å²) >= 11 is 0. The van der Waals surface area contributed by atoms with E-state index in [2.05, 4.69) is 17.1 Å². The maximum atomic E-state index is 12.8. The molecule has 126 valence electrons. The molecule has 1 amide bonds. The third-order valence-corrected chi connectivity index (χ3v) is 5.14. The average Bonchev–Trinajstić information content (AvgIpc) is 3.04. The highest BCUT2D eigenvalue weighted by Gasteiger charge is 2.36. The maximum absolute atomic E-state index is 12.8. The zero-order chi connectivity index (χ0) is 16.7. The number of carbonyl (C=O) groups excluding carboxylic acids is 1. The van der Waals surface area contributed by atoms with Gasteiger partial charge in [-0.05, 0) is 30.9 Å². The number of pyridine rings is 1. The molecule has 0 radical (unpaired) electrons. The molecule has 4 heterocycles. The van der Waals surface area contributed by atoms with Crippen LogP contribution in [0.4, 0.5) is 0 Å². The van der Waals surface area contributed by atoms with Gasteiger partial charge in [0.1, 0.15) is 5.69 Å². The molecular formula is C18H22N4O2. The molecule has 1 fully saturated rings. The van der Waals surface area contributed by atoms with Crippen molar-refractivity contribution < 1.29 is 4.79 Å². The quantitative estimate of drug-likeness (QED) is 0.934. The molecular weight excluding hydrogens is 304 g/mol. The summed E-state index contributed by atoms with van der Waals surface area (Å²) < 4.78 is 1.88. The molecule has 2 aromatic rings. The fourth-order valence-electron chi connectivity index (χ4n) is 4.09. The predicted octanol–water partition coefficient (Wildman–Crippen LogP) is 1.78. The van der Waals surface area contributed by atoms with Gasteiger partial charge in [0.05, 0.1) is 0 Å². The third kappa shape index (κ3) is 2.56. The number of piperidine rings is 1. The van der Waals surface area contributed by atoms with E-state index in [4.69, 9.17) is 0 Å². The summed E-state index contributed by atoms with van der Waals surface area (Å²) in [5, 5.41) is 7.15. The lowest BCUT2D eigenvalue weighted by Gasteiger charge is -2.42. The van der Waals surface area contributed by atoms with Gasteiger partial charge >= 0.3 is 0 Å². The van der Waals surface area contributed by atoms with Crippen molar-refractivity contribution >= 4 is 5.91 Å². The second-order valence-corrected chi connectivity index (χ2v) is 6.94. The monoisotopic (exact) mass is 326 g/mol. The molecule has 2 aromatic heterocycles. The second-order valence-electron chi connectivity index (χ2n) is 6.94. The summed E-state index contributed by atoms with van der Waals surface area (Å²) in [5.41, 5.74) is 2.64. The zero-order valence-corrected chi connectivity index (χ0v) is 13.9. The smallest absolute Gasteiger partial charge is 0.274 e. The third-order valence-electron chi connectivity index (χ3n) is 5.14. The van der Waals surface area contributed by atoms with Crippen LogP contribution in [0.5, 0.6) is 0 Å². The van der Waals surface area contributed by atoms with Gasteiger partial charge in [0, 0.05) is 43.0 Å². The number of amides is 1. The minimum absolute atomic E-state index is 0.00460. The van der Waals surface area contributed by atoms with E-state index in [9.17, 15) is 9.59 Å². The van der Waals surface area contributed by atoms with Crippen molar-refractivity contribution in [1.29, 1.82) is 0 Å². The number of aromatic amines is 1. The molecule has 0 unspecified atom stereocenters. The molecule has 4 rings (SSSR count). The van der Waals surface area contributed by atoms with Crippen molar-refractivity contribution in [3.63, 3.8) is 0 Å². The molecule has 1 saturated heterocycles. The normalized spacial score (nSPS) is 22.3. The Balaban J connectivity index is 1.57. The maximum Gasteiger partial charge on any atom is 0.274 e. The molecule has 6 nitrogen and oxygen atoms in total. The van der Waals surface area contributed by atoms with Crippen LogP contribution in [0.25, 0.3) is 0 Å². The van der Waals surface area contributed by atoms with Gasteiger partial charge in [-0.3, -0.25) is 14.7 Å². The van der Waals surface area contributed by atoms with Crippen LogP contribution in [0.1, 0.15) is 47.6 Å². The Morgan fingerprint density at radius 2 is 2.21 bits per heavy atom. The van der Waals surface area contributed by atoms with Crippen LogP contribution < -0.4 is 5.56 Å². The minimum Gasteiger partial charge on any atom is -0.336 e. The van der Waals surface area contributed by atoms with Crippen molar-refractivity contribution in [2.75, 3.05) is 13.1 Å². The molecule has 0 aromatic carbocycles. The minimum atomic E-state index is -0.00460. The largest absolute Gasteiger partial charge is 0.336 e. The molecule has 2 aliphatic heterocycles. The van der Waals surface area contributed by atoms with Crippen LogP contribution in [0.15, 0.2) is 29.1 Å². The Morgan fingerprint density at radius 1 is 1.33 bits per heavy atom. The number of hydrogen-bond donors (Lipinski definition) is 1. The van der Waals surface area contributed by atoms with Crippen LogP contribution in [0, 0.1) is 5.92 Å². The van der Waals surface area contributed by atoms with E-state index in [-0.39, 0.29) is 17.4 Å². The highest BCUT2D eigenvalue weighted by molar-refractivity contribution is 5.92. The van der Waals surface area contributed by atoms with Gasteiger partial charge in [0.15, 0.2) is 0 Å². The number of aromatic nitrogens is 3. The summed E-state index contributed by atoms with van der Waals surface area (Å²) in [7, 11) is 0. The number of H-pyrrole nitrogens is 1. The zero-order valence-electron chi connectivity index (χ0n) is 13.9. The molecule has 1 N–H and O–H groups in total. The lowest BCUT2D eigenvalue weighted by molar-refractivity contribution is 0.0588. The van der Waals surface area contributed by atoms with Crippen molar-refractivity contribution in [1.82, 2.24) is 19.7 Å². The summed E-state index contributed by atoms with van der Waals surface area (Å²) in [5.74, 6) is 0.578. The number of aryl methyl sites for hydroxylation is 1. The van der Waals surface area contributed by atoms with Gasteiger partial charge in [-0.15, -0.1) is 0 Å². The van der Waals surface area contributed by atoms with Crippen LogP contribution in [-0.2, 0) is 13.0 Å². The SMILES string of the molecule is CCCc1cc(C(=O)N2C[C@H]3C[C@@H](C2)c2cccc(=O)n2C3)n[nH]1. The van der Waals surface area contributed by atoms with Crippen molar-refractivity contribution in [3.8, 4) is 0 Å². The van der Waals surface area contributed by atoms with Gasteiger partial charge < -0.3 is 9.47 Å². The summed E-state index contributed by atoms with van der Waals surface area (Å²) in [6.45, 7) is 4.17. The second kappa shape index (κ2) is 5.92. The van der Waals surface area contributed by atoms with E-state index >= 15 is 0 Å². The van der Waals surface area contributed by atoms with Crippen LogP contribution in [0.2, 0.25) is 0 Å². The number of rotatable bonds is 3. The van der Waals surface area contributed by atoms with E-state index < -0.39 is 0 Å². The molecule has 0 saturated carbocycles. The summed E-state index contributed by atoms with van der Waals surface area (Å²) in [6.07, 6.45) is 2.98. The first-order valence-electron chi connectivity index (χ1n) is 8.69. The highest BCUT2D eigenvalue weighted by Crippen LogP contribution is 2.35. The van der Waals surface area contributed by atoms with E-state index in [0.717, 1.165) is 30.7 Å². The predicted molar refractivity (Wildman–Crippen MR) is 90.0 cm³/mol. The Morgan fingerprint density at radius 3 is 3.04 bits per heavy atom. The molecule has 0 spiro atoms. The fourth-order valence-corrected chi connectivity index (χ4v) is 4.09. The molecule has 2 aliphatic rings. The topological polar surface area (TPSA) is 71.0 Å². The highest BCUT2D eigenvalue weighted by atomic mass is 16.2. The Bertz CT molecular complexity index is 822. The Hall–Kier alpha value is -2.37. The lowest BCUT2D eigenvalue weighted by atomic mass is 9.83. The summed E-state index contributed by atoms with van der Waals surface area (Å²) in [6, 6.07) is 7.32. The molecule has 6 heteroatoms. The fraction of sp³-hybridized carbons (Fsp3) is 0.500. The number of fused-ring (bicyclic) bond motifs is 4. The molecule has 24 heavy (non-hydrogen) atoms. The van der Waals surface area contributed by atoms with E-state index in [0.29, 0.717) is 31.2 Å². The van der Waals surface area contributed by atoms with Crippen molar-refractivity contribution in [2.24, 2.45) is 5.92 Å². The van der Waals surface area contributed by atoms with Crippen LogP contribution in [-0.4, -0.2) is 38.7 Å².